The maximum Gasteiger partial charge on any atom is 0.269 e. The summed E-state index contributed by atoms with van der Waals surface area (Å²) in [5.41, 5.74) is 1.16. The van der Waals surface area contributed by atoms with Crippen molar-refractivity contribution in [2.45, 2.75) is 11.8 Å². The van der Waals surface area contributed by atoms with Gasteiger partial charge in [0.1, 0.15) is 0 Å². The van der Waals surface area contributed by atoms with E-state index >= 15 is 0 Å². The van der Waals surface area contributed by atoms with E-state index in [-0.39, 0.29) is 17.1 Å². The van der Waals surface area contributed by atoms with Crippen molar-refractivity contribution in [1.29, 1.82) is 0 Å². The van der Waals surface area contributed by atoms with Crippen molar-refractivity contribution in [2.24, 2.45) is 0 Å². The number of sulfonamides is 1. The molecular weight excluding hydrogens is 354 g/mol. The smallest absolute Gasteiger partial charge is 0.269 e. The van der Waals surface area contributed by atoms with E-state index in [2.05, 4.69) is 10.0 Å². The molecule has 7 nitrogen and oxygen atoms in total. The van der Waals surface area contributed by atoms with Crippen LogP contribution in [0.5, 0.6) is 0 Å². The minimum atomic E-state index is -3.65. The van der Waals surface area contributed by atoms with Crippen LogP contribution in [-0.2, 0) is 10.0 Å². The van der Waals surface area contributed by atoms with Gasteiger partial charge in [-0.15, -0.1) is 0 Å². The average molecular weight is 370 g/mol. The van der Waals surface area contributed by atoms with Crippen LogP contribution >= 0.6 is 11.6 Å². The molecule has 0 spiro atoms. The Hall–Kier alpha value is -2.16. The first-order chi connectivity index (χ1) is 11.3. The molecule has 0 bridgehead atoms. The molecule has 0 amide bonds. The number of nitrogens with one attached hydrogen (secondary N) is 2. The van der Waals surface area contributed by atoms with Crippen molar-refractivity contribution in [1.82, 2.24) is 4.72 Å². The zero-order chi connectivity index (χ0) is 17.7. The Balaban J connectivity index is 1.91. The molecule has 0 radical (unpaired) electrons. The third-order valence-electron chi connectivity index (χ3n) is 3.33. The van der Waals surface area contributed by atoms with Gasteiger partial charge in [0.2, 0.25) is 10.0 Å². The summed E-state index contributed by atoms with van der Waals surface area (Å²) in [6.45, 7) is 2.13. The Morgan fingerprint density at radius 1 is 1.12 bits per heavy atom. The van der Waals surface area contributed by atoms with Crippen molar-refractivity contribution in [2.75, 3.05) is 18.4 Å². The first-order valence-electron chi connectivity index (χ1n) is 7.04. The molecule has 0 unspecified atom stereocenters. The first kappa shape index (κ1) is 18.2. The molecule has 0 saturated carbocycles. The van der Waals surface area contributed by atoms with Crippen molar-refractivity contribution < 1.29 is 13.3 Å². The summed E-state index contributed by atoms with van der Waals surface area (Å²) < 4.78 is 27.0. The van der Waals surface area contributed by atoms with E-state index in [4.69, 9.17) is 11.6 Å². The Labute approximate surface area is 144 Å². The molecule has 2 aromatic carbocycles. The van der Waals surface area contributed by atoms with Crippen LogP contribution in [0.1, 0.15) is 5.56 Å². The minimum Gasteiger partial charge on any atom is -0.384 e. The van der Waals surface area contributed by atoms with Gasteiger partial charge in [0.05, 0.1) is 9.82 Å². The minimum absolute atomic E-state index is 0.00214. The molecule has 0 atom stereocenters. The van der Waals surface area contributed by atoms with Crippen molar-refractivity contribution >= 4 is 33.0 Å². The van der Waals surface area contributed by atoms with Crippen LogP contribution in [-0.4, -0.2) is 26.4 Å². The largest absolute Gasteiger partial charge is 0.384 e. The number of nitro groups is 1. The number of nitro benzene ring substituents is 1. The Kier molecular flexibility index (Phi) is 5.76. The summed E-state index contributed by atoms with van der Waals surface area (Å²) >= 11 is 5.94. The molecule has 0 aliphatic rings. The zero-order valence-electron chi connectivity index (χ0n) is 12.8. The number of hydrogen-bond acceptors (Lipinski definition) is 5. The number of benzene rings is 2. The van der Waals surface area contributed by atoms with Crippen LogP contribution in [0.2, 0.25) is 5.02 Å². The van der Waals surface area contributed by atoms with Gasteiger partial charge in [-0.1, -0.05) is 17.7 Å². The molecule has 2 rings (SSSR count). The molecule has 0 aromatic heterocycles. The van der Waals surface area contributed by atoms with Crippen molar-refractivity contribution in [3.8, 4) is 0 Å². The Bertz CT molecular complexity index is 838. The van der Waals surface area contributed by atoms with Crippen molar-refractivity contribution in [3.63, 3.8) is 0 Å². The summed E-state index contributed by atoms with van der Waals surface area (Å²) in [6, 6.07) is 10.6. The van der Waals surface area contributed by atoms with E-state index in [0.717, 1.165) is 0 Å². The summed E-state index contributed by atoms with van der Waals surface area (Å²) in [7, 11) is -3.65. The standard InChI is InChI=1S/C15H16ClN3O4S/c1-11-14(16)3-2-4-15(11)24(22,23)18-10-9-17-12-5-7-13(8-6-12)19(20)21/h2-8,17-18H,9-10H2,1H3. The van der Waals surface area contributed by atoms with Gasteiger partial charge in [0.25, 0.3) is 5.69 Å². The van der Waals surface area contributed by atoms with Gasteiger partial charge in [0, 0.05) is 35.9 Å². The number of halogens is 1. The van der Waals surface area contributed by atoms with E-state index in [1.807, 2.05) is 0 Å². The quantitative estimate of drug-likeness (QED) is 0.444. The lowest BCUT2D eigenvalue weighted by Gasteiger charge is -2.11. The molecule has 0 aliphatic heterocycles. The topological polar surface area (TPSA) is 101 Å². The van der Waals surface area contributed by atoms with Crippen molar-refractivity contribution in [3.05, 3.63) is 63.2 Å². The molecule has 128 valence electrons. The van der Waals surface area contributed by atoms with Crippen LogP contribution in [0, 0.1) is 17.0 Å². The van der Waals surface area contributed by atoms with Gasteiger partial charge < -0.3 is 5.32 Å². The summed E-state index contributed by atoms with van der Waals surface area (Å²) in [4.78, 5) is 10.2. The molecule has 24 heavy (non-hydrogen) atoms. The summed E-state index contributed by atoms with van der Waals surface area (Å²) in [6.07, 6.45) is 0. The molecule has 2 aromatic rings. The van der Waals surface area contributed by atoms with Crippen LogP contribution in [0.3, 0.4) is 0 Å². The maximum atomic E-state index is 12.3. The highest BCUT2D eigenvalue weighted by molar-refractivity contribution is 7.89. The van der Waals surface area contributed by atoms with Crippen LogP contribution in [0.15, 0.2) is 47.4 Å². The highest BCUT2D eigenvalue weighted by Crippen LogP contribution is 2.22. The Morgan fingerprint density at radius 3 is 2.42 bits per heavy atom. The number of non-ortho nitro benzene ring substituents is 1. The predicted molar refractivity (Wildman–Crippen MR) is 93.0 cm³/mol. The first-order valence-corrected chi connectivity index (χ1v) is 8.90. The molecule has 9 heteroatoms. The normalized spacial score (nSPS) is 11.2. The molecule has 0 aliphatic carbocycles. The molecule has 0 saturated heterocycles. The van der Waals surface area contributed by atoms with Crippen LogP contribution in [0.4, 0.5) is 11.4 Å². The van der Waals surface area contributed by atoms with E-state index in [9.17, 15) is 18.5 Å². The number of anilines is 1. The predicted octanol–water partition coefficient (Wildman–Crippen LogP) is 2.95. The third kappa shape index (κ3) is 4.44. The summed E-state index contributed by atoms with van der Waals surface area (Å²) in [5.74, 6) is 0. The van der Waals surface area contributed by atoms with E-state index in [1.54, 1.807) is 31.2 Å². The van der Waals surface area contributed by atoms with Gasteiger partial charge in [-0.3, -0.25) is 10.1 Å². The van der Waals surface area contributed by atoms with Gasteiger partial charge in [-0.2, -0.15) is 0 Å². The van der Waals surface area contributed by atoms with Gasteiger partial charge in [0.15, 0.2) is 0 Å². The molecule has 2 N–H and O–H groups in total. The lowest BCUT2D eigenvalue weighted by atomic mass is 10.2. The SMILES string of the molecule is Cc1c(Cl)cccc1S(=O)(=O)NCCNc1ccc([N+](=O)[O-])cc1. The van der Waals surface area contributed by atoms with E-state index in [1.165, 1.54) is 18.2 Å². The second-order valence-electron chi connectivity index (χ2n) is 4.99. The lowest BCUT2D eigenvalue weighted by molar-refractivity contribution is -0.384. The van der Waals surface area contributed by atoms with Gasteiger partial charge in [-0.25, -0.2) is 13.1 Å². The molecule has 0 fully saturated rings. The van der Waals surface area contributed by atoms with E-state index < -0.39 is 14.9 Å². The number of nitrogens with zero attached hydrogens (tertiary/aromatic N) is 1. The average Bonchev–Trinajstić information content (AvgIpc) is 2.54. The number of hydrogen-bond donors (Lipinski definition) is 2. The van der Waals surface area contributed by atoms with Crippen LogP contribution < -0.4 is 10.0 Å². The fraction of sp³-hybridized carbons (Fsp3) is 0.200. The number of rotatable bonds is 7. The zero-order valence-corrected chi connectivity index (χ0v) is 14.4. The third-order valence-corrected chi connectivity index (χ3v) is 5.35. The second-order valence-corrected chi connectivity index (χ2v) is 7.13. The van der Waals surface area contributed by atoms with E-state index in [0.29, 0.717) is 22.8 Å². The lowest BCUT2D eigenvalue weighted by Crippen LogP contribution is -2.29. The highest BCUT2D eigenvalue weighted by Gasteiger charge is 2.17. The van der Waals surface area contributed by atoms with Gasteiger partial charge >= 0.3 is 0 Å². The maximum absolute atomic E-state index is 12.3. The van der Waals surface area contributed by atoms with Gasteiger partial charge in [-0.05, 0) is 36.8 Å². The second kappa shape index (κ2) is 7.61. The van der Waals surface area contributed by atoms with Crippen LogP contribution in [0.25, 0.3) is 0 Å². The molecule has 0 heterocycles. The highest BCUT2D eigenvalue weighted by atomic mass is 35.5. The molecular formula is C15H16ClN3O4S. The fourth-order valence-electron chi connectivity index (χ4n) is 2.05. The monoisotopic (exact) mass is 369 g/mol. The fourth-order valence-corrected chi connectivity index (χ4v) is 3.58. The summed E-state index contributed by atoms with van der Waals surface area (Å²) in [5, 5.41) is 13.9. The Morgan fingerprint density at radius 2 is 1.79 bits per heavy atom.